The van der Waals surface area contributed by atoms with Gasteiger partial charge in [0.2, 0.25) is 5.91 Å². The molecule has 0 aromatic carbocycles. The van der Waals surface area contributed by atoms with Gasteiger partial charge in [-0.25, -0.2) is 4.79 Å². The van der Waals surface area contributed by atoms with E-state index in [1.807, 2.05) is 0 Å². The van der Waals surface area contributed by atoms with Crippen molar-refractivity contribution < 1.29 is 9.59 Å². The third-order valence-electron chi connectivity index (χ3n) is 5.34. The number of aromatic amines is 1. The average molecular weight is 346 g/mol. The number of piperidine rings is 1. The van der Waals surface area contributed by atoms with Gasteiger partial charge in [0.15, 0.2) is 0 Å². The van der Waals surface area contributed by atoms with Crippen molar-refractivity contribution in [3.05, 3.63) is 27.9 Å². The van der Waals surface area contributed by atoms with Gasteiger partial charge in [0, 0.05) is 31.7 Å². The maximum absolute atomic E-state index is 12.8. The highest BCUT2D eigenvalue weighted by atomic mass is 16.2. The lowest BCUT2D eigenvalue weighted by molar-refractivity contribution is -0.124. The molecule has 25 heavy (non-hydrogen) atoms. The van der Waals surface area contributed by atoms with E-state index in [4.69, 9.17) is 0 Å². The van der Waals surface area contributed by atoms with Crippen LogP contribution in [0.1, 0.15) is 49.3 Å². The van der Waals surface area contributed by atoms with Crippen molar-refractivity contribution in [2.45, 2.75) is 45.6 Å². The second-order valence-electron chi connectivity index (χ2n) is 7.76. The summed E-state index contributed by atoms with van der Waals surface area (Å²) in [6.45, 7) is 4.81. The van der Waals surface area contributed by atoms with Crippen molar-refractivity contribution in [1.82, 2.24) is 20.2 Å². The monoisotopic (exact) mass is 346 g/mol. The highest BCUT2D eigenvalue weighted by Crippen LogP contribution is 2.38. The van der Waals surface area contributed by atoms with Gasteiger partial charge in [0.25, 0.3) is 5.91 Å². The highest BCUT2D eigenvalue weighted by Gasteiger charge is 2.40. The Balaban J connectivity index is 1.73. The summed E-state index contributed by atoms with van der Waals surface area (Å²) in [4.78, 5) is 44.4. The molecule has 3 atom stereocenters. The minimum Gasteiger partial charge on any atom is -0.356 e. The van der Waals surface area contributed by atoms with Crippen LogP contribution in [0.25, 0.3) is 0 Å². The highest BCUT2D eigenvalue weighted by molar-refractivity contribution is 5.92. The summed E-state index contributed by atoms with van der Waals surface area (Å²) in [5, 5.41) is 2.91. The van der Waals surface area contributed by atoms with Gasteiger partial charge in [-0.05, 0) is 43.1 Å². The Morgan fingerprint density at radius 1 is 1.32 bits per heavy atom. The molecule has 1 aliphatic heterocycles. The fourth-order valence-corrected chi connectivity index (χ4v) is 4.07. The third kappa shape index (κ3) is 3.91. The molecule has 0 bridgehead atoms. The maximum atomic E-state index is 12.8. The number of fused-ring (bicyclic) bond motifs is 1. The fourth-order valence-electron chi connectivity index (χ4n) is 4.07. The van der Waals surface area contributed by atoms with Crippen LogP contribution in [0.3, 0.4) is 0 Å². The Labute approximate surface area is 147 Å². The van der Waals surface area contributed by atoms with Crippen molar-refractivity contribution in [2.75, 3.05) is 13.6 Å². The minimum atomic E-state index is -0.482. The van der Waals surface area contributed by atoms with Crippen molar-refractivity contribution in [1.29, 1.82) is 0 Å². The van der Waals surface area contributed by atoms with E-state index in [2.05, 4.69) is 29.1 Å². The van der Waals surface area contributed by atoms with E-state index in [1.54, 1.807) is 18.0 Å². The van der Waals surface area contributed by atoms with Crippen molar-refractivity contribution in [3.63, 3.8) is 0 Å². The lowest BCUT2D eigenvalue weighted by atomic mass is 9.89. The first kappa shape index (κ1) is 17.6. The van der Waals surface area contributed by atoms with Gasteiger partial charge in [-0.2, -0.15) is 4.98 Å². The molecule has 3 rings (SSSR count). The summed E-state index contributed by atoms with van der Waals surface area (Å²) in [5.41, 5.74) is 0.456. The normalized spacial score (nSPS) is 25.6. The smallest absolute Gasteiger partial charge is 0.345 e. The maximum Gasteiger partial charge on any atom is 0.345 e. The molecule has 1 saturated heterocycles. The lowest BCUT2D eigenvalue weighted by Gasteiger charge is -2.24. The Kier molecular flexibility index (Phi) is 4.92. The lowest BCUT2D eigenvalue weighted by Crippen LogP contribution is -2.38. The van der Waals surface area contributed by atoms with Gasteiger partial charge < -0.3 is 15.2 Å². The number of aromatic nitrogens is 2. The van der Waals surface area contributed by atoms with Crippen LogP contribution in [-0.4, -0.2) is 46.3 Å². The van der Waals surface area contributed by atoms with Gasteiger partial charge in [0.05, 0.1) is 0 Å². The fraction of sp³-hybridized carbons (Fsp3) is 0.667. The summed E-state index contributed by atoms with van der Waals surface area (Å²) in [5.74, 6) is 1.03. The van der Waals surface area contributed by atoms with Crippen molar-refractivity contribution in [3.8, 4) is 0 Å². The Hall–Kier alpha value is -2.18. The van der Waals surface area contributed by atoms with Crippen LogP contribution in [0.4, 0.5) is 0 Å². The number of nitrogens with one attached hydrogen (secondary N) is 2. The third-order valence-corrected chi connectivity index (χ3v) is 5.34. The Morgan fingerprint density at radius 2 is 2.04 bits per heavy atom. The summed E-state index contributed by atoms with van der Waals surface area (Å²) in [7, 11) is 1.77. The standard InChI is InChI=1S/C18H26N4O3/c1-10(2)4-13-8-15(21-18(25)20-13)17(24)22(3)14-5-11-7-16(23)19-9-12(11)6-14/h8,10-12,14H,4-7,9H2,1-3H3,(H,19,23)(H,20,21,25)/t11-,12+,14-/m1/s1. The largest absolute Gasteiger partial charge is 0.356 e. The van der Waals surface area contributed by atoms with Crippen LogP contribution in [0.2, 0.25) is 0 Å². The van der Waals surface area contributed by atoms with Crippen LogP contribution in [0, 0.1) is 17.8 Å². The topological polar surface area (TPSA) is 95.2 Å². The van der Waals surface area contributed by atoms with Crippen LogP contribution in [-0.2, 0) is 11.2 Å². The number of H-pyrrole nitrogens is 1. The molecule has 1 aliphatic carbocycles. The minimum absolute atomic E-state index is 0.0878. The molecule has 7 nitrogen and oxygen atoms in total. The molecule has 1 aromatic rings. The van der Waals surface area contributed by atoms with Gasteiger partial charge >= 0.3 is 5.69 Å². The van der Waals surface area contributed by atoms with Crippen LogP contribution < -0.4 is 11.0 Å². The molecule has 1 saturated carbocycles. The molecule has 1 aromatic heterocycles. The Bertz CT molecular complexity index is 727. The molecule has 2 N–H and O–H groups in total. The summed E-state index contributed by atoms with van der Waals surface area (Å²) < 4.78 is 0. The number of amides is 2. The molecule has 0 radical (unpaired) electrons. The number of nitrogens with zero attached hydrogens (tertiary/aromatic N) is 2. The van der Waals surface area contributed by atoms with Crippen LogP contribution in [0.5, 0.6) is 0 Å². The number of hydrogen-bond acceptors (Lipinski definition) is 4. The number of rotatable bonds is 4. The zero-order chi connectivity index (χ0) is 18.1. The molecular formula is C18H26N4O3. The molecule has 0 unspecified atom stereocenters. The first-order valence-electron chi connectivity index (χ1n) is 8.97. The first-order valence-corrected chi connectivity index (χ1v) is 8.97. The first-order chi connectivity index (χ1) is 11.8. The second-order valence-corrected chi connectivity index (χ2v) is 7.76. The predicted molar refractivity (Wildman–Crippen MR) is 93.1 cm³/mol. The van der Waals surface area contributed by atoms with Gasteiger partial charge in [0.1, 0.15) is 5.69 Å². The van der Waals surface area contributed by atoms with Crippen molar-refractivity contribution in [2.24, 2.45) is 17.8 Å². The zero-order valence-corrected chi connectivity index (χ0v) is 15.0. The van der Waals surface area contributed by atoms with E-state index in [9.17, 15) is 14.4 Å². The molecule has 2 amide bonds. The van der Waals surface area contributed by atoms with Crippen LogP contribution in [0.15, 0.2) is 10.9 Å². The summed E-state index contributed by atoms with van der Waals surface area (Å²) >= 11 is 0. The van der Waals surface area contributed by atoms with E-state index in [0.29, 0.717) is 37.1 Å². The number of hydrogen-bond donors (Lipinski definition) is 2. The predicted octanol–water partition coefficient (Wildman–Crippen LogP) is 0.955. The molecule has 2 aliphatic rings. The number of carbonyl (C=O) groups excluding carboxylic acids is 2. The van der Waals surface area contributed by atoms with E-state index in [-0.39, 0.29) is 23.6 Å². The SMILES string of the molecule is CC(C)Cc1cc(C(=O)N(C)[C@H]2C[C@H]3CNC(=O)C[C@H]3C2)nc(=O)[nH]1. The zero-order valence-electron chi connectivity index (χ0n) is 15.0. The number of carbonyl (C=O) groups is 2. The van der Waals surface area contributed by atoms with Crippen LogP contribution >= 0.6 is 0 Å². The van der Waals surface area contributed by atoms with Gasteiger partial charge in [-0.1, -0.05) is 13.8 Å². The molecule has 2 fully saturated rings. The summed E-state index contributed by atoms with van der Waals surface area (Å²) in [6, 6.07) is 1.78. The van der Waals surface area contributed by atoms with E-state index >= 15 is 0 Å². The van der Waals surface area contributed by atoms with Gasteiger partial charge in [-0.15, -0.1) is 0 Å². The molecule has 2 heterocycles. The van der Waals surface area contributed by atoms with Crippen molar-refractivity contribution >= 4 is 11.8 Å². The molecule has 136 valence electrons. The Morgan fingerprint density at radius 3 is 2.76 bits per heavy atom. The van der Waals surface area contributed by atoms with E-state index < -0.39 is 5.69 Å². The molecular weight excluding hydrogens is 320 g/mol. The van der Waals surface area contributed by atoms with E-state index in [0.717, 1.165) is 18.5 Å². The molecule has 0 spiro atoms. The molecule has 7 heteroatoms. The van der Waals surface area contributed by atoms with Gasteiger partial charge in [-0.3, -0.25) is 9.59 Å². The van der Waals surface area contributed by atoms with E-state index in [1.165, 1.54) is 0 Å². The summed E-state index contributed by atoms with van der Waals surface area (Å²) in [6.07, 6.45) is 2.96. The second kappa shape index (κ2) is 6.98. The average Bonchev–Trinajstić information content (AvgIpc) is 2.95. The quantitative estimate of drug-likeness (QED) is 0.849.